The Bertz CT molecular complexity index is 795. The number of benzene rings is 2. The van der Waals surface area contributed by atoms with E-state index in [1.165, 1.54) is 18.2 Å². The van der Waals surface area contributed by atoms with Crippen LogP contribution < -0.4 is 22.1 Å². The number of nitrogens with two attached hydrogens (primary N) is 2. The van der Waals surface area contributed by atoms with Crippen molar-refractivity contribution in [3.8, 4) is 0 Å². The molecule has 9 heteroatoms. The monoisotopic (exact) mass is 367 g/mol. The van der Waals surface area contributed by atoms with E-state index in [1.54, 1.807) is 24.3 Å². The van der Waals surface area contributed by atoms with Gasteiger partial charge in [0.2, 0.25) is 0 Å². The van der Waals surface area contributed by atoms with Crippen LogP contribution in [0.25, 0.3) is 0 Å². The zero-order chi connectivity index (χ0) is 17.0. The number of guanidine groups is 1. The largest absolute Gasteiger partial charge is 0.398 e. The molecule has 0 bridgehead atoms. The zero-order valence-corrected chi connectivity index (χ0v) is 13.9. The summed E-state index contributed by atoms with van der Waals surface area (Å²) < 4.78 is 0. The summed E-state index contributed by atoms with van der Waals surface area (Å²) in [6.45, 7) is 0. The highest BCUT2D eigenvalue weighted by Crippen LogP contribution is 2.24. The van der Waals surface area contributed by atoms with E-state index in [0.29, 0.717) is 11.3 Å². The molecular weight excluding hydrogens is 353 g/mol. The van der Waals surface area contributed by atoms with Gasteiger partial charge in [-0.25, -0.2) is 0 Å². The number of hydrogen-bond acceptors (Lipinski definition) is 4. The van der Waals surface area contributed by atoms with Crippen LogP contribution >= 0.6 is 24.0 Å². The third kappa shape index (κ3) is 4.61. The van der Waals surface area contributed by atoms with Gasteiger partial charge in [-0.3, -0.25) is 20.3 Å². The van der Waals surface area contributed by atoms with Crippen molar-refractivity contribution in [2.24, 2.45) is 5.73 Å². The summed E-state index contributed by atoms with van der Waals surface area (Å²) in [5, 5.41) is 12.1. The van der Waals surface area contributed by atoms with Crippen molar-refractivity contribution in [1.82, 2.24) is 5.32 Å². The fraction of sp³-hybridized carbons (Fsp3) is 0. The fourth-order valence-electron chi connectivity index (χ4n) is 1.85. The van der Waals surface area contributed by atoms with Gasteiger partial charge in [0.1, 0.15) is 0 Å². The van der Waals surface area contributed by atoms with Crippen LogP contribution in [0.2, 0.25) is 5.02 Å². The number of amides is 2. The molecule has 2 aromatic rings. The molecule has 126 valence electrons. The first-order chi connectivity index (χ1) is 10.9. The smallest absolute Gasteiger partial charge is 0.258 e. The normalized spacial score (nSPS) is 9.54. The second-order valence-corrected chi connectivity index (χ2v) is 5.01. The molecule has 0 aliphatic heterocycles. The number of hydrogen-bond donors (Lipinski definition) is 5. The minimum atomic E-state index is -0.580. The van der Waals surface area contributed by atoms with E-state index >= 15 is 0 Å². The maximum Gasteiger partial charge on any atom is 0.258 e. The Labute approximate surface area is 149 Å². The number of rotatable bonds is 3. The SMILES string of the molecule is Cl.N=C(N)NC(=O)c1ccc(Cl)c(NC(=O)c2ccccc2N)c1. The van der Waals surface area contributed by atoms with Crippen molar-refractivity contribution in [2.75, 3.05) is 11.1 Å². The number of carbonyl (C=O) groups is 2. The van der Waals surface area contributed by atoms with Gasteiger partial charge in [0.05, 0.1) is 16.3 Å². The maximum atomic E-state index is 12.2. The van der Waals surface area contributed by atoms with E-state index in [9.17, 15) is 9.59 Å². The first kappa shape index (κ1) is 19.3. The maximum absolute atomic E-state index is 12.2. The number of carbonyl (C=O) groups excluding carboxylic acids is 2. The molecule has 2 amide bonds. The third-order valence-electron chi connectivity index (χ3n) is 2.93. The summed E-state index contributed by atoms with van der Waals surface area (Å²) >= 11 is 6.03. The summed E-state index contributed by atoms with van der Waals surface area (Å²) in [6.07, 6.45) is 0. The average molecular weight is 368 g/mol. The second kappa shape index (κ2) is 8.19. The Balaban J connectivity index is 0.00000288. The van der Waals surface area contributed by atoms with Crippen LogP contribution in [0, 0.1) is 5.41 Å². The molecule has 2 aromatic carbocycles. The van der Waals surface area contributed by atoms with Gasteiger partial charge in [-0.15, -0.1) is 12.4 Å². The minimum Gasteiger partial charge on any atom is -0.398 e. The van der Waals surface area contributed by atoms with E-state index in [4.69, 9.17) is 28.5 Å². The molecule has 0 saturated heterocycles. The van der Waals surface area contributed by atoms with Gasteiger partial charge in [0.15, 0.2) is 5.96 Å². The van der Waals surface area contributed by atoms with Gasteiger partial charge in [0, 0.05) is 11.3 Å². The summed E-state index contributed by atoms with van der Waals surface area (Å²) in [7, 11) is 0. The van der Waals surface area contributed by atoms with Crippen LogP contribution in [0.3, 0.4) is 0 Å². The highest BCUT2D eigenvalue weighted by atomic mass is 35.5. The highest BCUT2D eigenvalue weighted by Gasteiger charge is 2.14. The zero-order valence-electron chi connectivity index (χ0n) is 12.3. The summed E-state index contributed by atoms with van der Waals surface area (Å²) in [6, 6.07) is 10.9. The molecule has 0 heterocycles. The molecule has 0 aliphatic rings. The first-order valence-corrected chi connectivity index (χ1v) is 6.87. The quantitative estimate of drug-likeness (QED) is 0.323. The molecule has 0 saturated carbocycles. The van der Waals surface area contributed by atoms with Crippen molar-refractivity contribution >= 4 is 53.2 Å². The van der Waals surface area contributed by atoms with Crippen LogP contribution in [0.1, 0.15) is 20.7 Å². The van der Waals surface area contributed by atoms with E-state index in [2.05, 4.69) is 10.6 Å². The van der Waals surface area contributed by atoms with Crippen molar-refractivity contribution in [2.45, 2.75) is 0 Å². The molecule has 0 atom stereocenters. The van der Waals surface area contributed by atoms with E-state index in [-0.39, 0.29) is 28.7 Å². The Morgan fingerprint density at radius 2 is 1.75 bits per heavy atom. The molecule has 0 fully saturated rings. The summed E-state index contributed by atoms with van der Waals surface area (Å²) in [4.78, 5) is 24.1. The lowest BCUT2D eigenvalue weighted by Gasteiger charge is -2.10. The topological polar surface area (TPSA) is 134 Å². The van der Waals surface area contributed by atoms with Crippen LogP contribution in [0.5, 0.6) is 0 Å². The average Bonchev–Trinajstić information content (AvgIpc) is 2.49. The van der Waals surface area contributed by atoms with Gasteiger partial charge in [-0.05, 0) is 30.3 Å². The number of nitrogens with one attached hydrogen (secondary N) is 3. The Kier molecular flexibility index (Phi) is 6.58. The predicted octanol–water partition coefficient (Wildman–Crippen LogP) is 2.22. The van der Waals surface area contributed by atoms with E-state index < -0.39 is 17.8 Å². The Hall–Kier alpha value is -2.77. The lowest BCUT2D eigenvalue weighted by atomic mass is 10.1. The Morgan fingerprint density at radius 3 is 2.38 bits per heavy atom. The summed E-state index contributed by atoms with van der Waals surface area (Å²) in [5.74, 6) is -1.51. The molecule has 0 aromatic heterocycles. The number of para-hydroxylation sites is 1. The van der Waals surface area contributed by atoms with Crippen molar-refractivity contribution in [1.29, 1.82) is 5.41 Å². The molecule has 2 rings (SSSR count). The van der Waals surface area contributed by atoms with Crippen LogP contribution in [0.4, 0.5) is 11.4 Å². The van der Waals surface area contributed by atoms with Crippen LogP contribution in [-0.4, -0.2) is 17.8 Å². The van der Waals surface area contributed by atoms with Gasteiger partial charge in [0.25, 0.3) is 11.8 Å². The first-order valence-electron chi connectivity index (χ1n) is 6.49. The third-order valence-corrected chi connectivity index (χ3v) is 3.26. The molecular formula is C15H15Cl2N5O2. The fourth-order valence-corrected chi connectivity index (χ4v) is 2.02. The lowest BCUT2D eigenvalue weighted by molar-refractivity contribution is 0.0974. The molecule has 0 unspecified atom stereocenters. The highest BCUT2D eigenvalue weighted by molar-refractivity contribution is 6.34. The molecule has 0 radical (unpaired) electrons. The number of halogens is 2. The number of nitrogen functional groups attached to an aromatic ring is 1. The minimum absolute atomic E-state index is 0. The predicted molar refractivity (Wildman–Crippen MR) is 96.9 cm³/mol. The van der Waals surface area contributed by atoms with Gasteiger partial charge < -0.3 is 16.8 Å². The lowest BCUT2D eigenvalue weighted by Crippen LogP contribution is -2.35. The van der Waals surface area contributed by atoms with Crippen molar-refractivity contribution in [3.63, 3.8) is 0 Å². The molecule has 0 aliphatic carbocycles. The van der Waals surface area contributed by atoms with Crippen molar-refractivity contribution < 1.29 is 9.59 Å². The molecule has 7 N–H and O–H groups in total. The van der Waals surface area contributed by atoms with Gasteiger partial charge in [-0.2, -0.15) is 0 Å². The molecule has 0 spiro atoms. The van der Waals surface area contributed by atoms with Crippen molar-refractivity contribution in [3.05, 3.63) is 58.6 Å². The van der Waals surface area contributed by atoms with Gasteiger partial charge in [-0.1, -0.05) is 23.7 Å². The van der Waals surface area contributed by atoms with Crippen LogP contribution in [0.15, 0.2) is 42.5 Å². The molecule has 7 nitrogen and oxygen atoms in total. The van der Waals surface area contributed by atoms with Gasteiger partial charge >= 0.3 is 0 Å². The molecule has 24 heavy (non-hydrogen) atoms. The van der Waals surface area contributed by atoms with Crippen LogP contribution in [-0.2, 0) is 0 Å². The van der Waals surface area contributed by atoms with E-state index in [0.717, 1.165) is 0 Å². The Morgan fingerprint density at radius 1 is 1.08 bits per heavy atom. The second-order valence-electron chi connectivity index (χ2n) is 4.60. The summed E-state index contributed by atoms with van der Waals surface area (Å²) in [5.41, 5.74) is 11.9. The number of anilines is 2. The van der Waals surface area contributed by atoms with E-state index in [1.807, 2.05) is 0 Å². The standard InChI is InChI=1S/C15H14ClN5O2.ClH/c16-10-6-5-8(13(22)21-15(18)19)7-12(10)20-14(23)9-3-1-2-4-11(9)17;/h1-7H,17H2,(H,20,23)(H4,18,19,21,22);1H.